The van der Waals surface area contributed by atoms with Gasteiger partial charge in [-0.05, 0) is 12.8 Å². The Morgan fingerprint density at radius 1 is 1.43 bits per heavy atom. The van der Waals surface area contributed by atoms with Crippen LogP contribution in [0.15, 0.2) is 0 Å². The molecule has 0 aromatic rings. The van der Waals surface area contributed by atoms with Crippen molar-refractivity contribution in [1.82, 2.24) is 4.31 Å². The molecule has 2 N–H and O–H groups in total. The summed E-state index contributed by atoms with van der Waals surface area (Å²) in [5, 5.41) is 0. The Morgan fingerprint density at radius 3 is 2.50 bits per heavy atom. The molecule has 1 saturated heterocycles. The van der Waals surface area contributed by atoms with Crippen LogP contribution >= 0.6 is 0 Å². The van der Waals surface area contributed by atoms with E-state index in [1.165, 1.54) is 4.31 Å². The van der Waals surface area contributed by atoms with Gasteiger partial charge in [0.2, 0.25) is 16.6 Å². The molecular formula is C8H15N3O2S. The number of hydrogen-bond acceptors (Lipinski definition) is 3. The third-order valence-electron chi connectivity index (χ3n) is 2.35. The van der Waals surface area contributed by atoms with E-state index in [4.69, 9.17) is 12.3 Å². The summed E-state index contributed by atoms with van der Waals surface area (Å²) in [6.07, 6.45) is 1.44. The molecule has 0 saturated carbocycles. The Bertz CT molecular complexity index is 312. The van der Waals surface area contributed by atoms with Crippen LogP contribution in [0.4, 0.5) is 0 Å². The monoisotopic (exact) mass is 217 g/mol. The zero-order chi connectivity index (χ0) is 10.6. The van der Waals surface area contributed by atoms with Gasteiger partial charge in [0, 0.05) is 19.1 Å². The molecule has 0 aliphatic carbocycles. The normalized spacial score (nSPS) is 20.6. The molecule has 14 heavy (non-hydrogen) atoms. The maximum Gasteiger partial charge on any atom is 0.229 e. The van der Waals surface area contributed by atoms with Gasteiger partial charge in [0.15, 0.2) is 0 Å². The molecule has 80 valence electrons. The molecule has 1 aliphatic heterocycles. The van der Waals surface area contributed by atoms with Crippen LogP contribution in [0.5, 0.6) is 0 Å². The van der Waals surface area contributed by atoms with Crippen molar-refractivity contribution in [2.45, 2.75) is 18.9 Å². The van der Waals surface area contributed by atoms with Crippen molar-refractivity contribution in [2.24, 2.45) is 5.73 Å². The molecule has 6 heteroatoms. The van der Waals surface area contributed by atoms with Crippen molar-refractivity contribution >= 4 is 10.0 Å². The Kier molecular flexibility index (Phi) is 3.86. The van der Waals surface area contributed by atoms with Crippen molar-refractivity contribution in [2.75, 3.05) is 25.4 Å². The van der Waals surface area contributed by atoms with Crippen LogP contribution in [-0.2, 0) is 10.0 Å². The average Bonchev–Trinajstić information content (AvgIpc) is 2.16. The van der Waals surface area contributed by atoms with Gasteiger partial charge in [-0.15, -0.1) is 0 Å². The zero-order valence-corrected chi connectivity index (χ0v) is 8.83. The maximum absolute atomic E-state index is 11.6. The number of rotatable bonds is 3. The van der Waals surface area contributed by atoms with E-state index in [0.717, 1.165) is 12.8 Å². The molecular weight excluding hydrogens is 202 g/mol. The Labute approximate surface area is 84.8 Å². The van der Waals surface area contributed by atoms with Gasteiger partial charge >= 0.3 is 0 Å². The van der Waals surface area contributed by atoms with Gasteiger partial charge < -0.3 is 10.6 Å². The lowest BCUT2D eigenvalue weighted by Gasteiger charge is -2.28. The van der Waals surface area contributed by atoms with E-state index in [1.807, 2.05) is 0 Å². The summed E-state index contributed by atoms with van der Waals surface area (Å²) in [5.41, 5.74) is 5.67. The molecule has 1 aliphatic rings. The highest BCUT2D eigenvalue weighted by atomic mass is 32.2. The topological polar surface area (TPSA) is 67.8 Å². The Balaban J connectivity index is 2.52. The molecule has 0 atom stereocenters. The van der Waals surface area contributed by atoms with E-state index in [2.05, 4.69) is 4.85 Å². The summed E-state index contributed by atoms with van der Waals surface area (Å²) in [6, 6.07) is 0.127. The fourth-order valence-corrected chi connectivity index (χ4v) is 2.79. The summed E-state index contributed by atoms with van der Waals surface area (Å²) in [4.78, 5) is 3.05. The predicted octanol–water partition coefficient (Wildman–Crippen LogP) is -0.341. The zero-order valence-electron chi connectivity index (χ0n) is 8.02. The molecule has 0 aromatic carbocycles. The fraction of sp³-hybridized carbons (Fsp3) is 0.875. The molecule has 0 radical (unpaired) electrons. The Hall–Kier alpha value is -0.640. The number of piperidine rings is 1. The molecule has 0 bridgehead atoms. The van der Waals surface area contributed by atoms with E-state index in [-0.39, 0.29) is 18.3 Å². The van der Waals surface area contributed by atoms with Gasteiger partial charge in [-0.3, -0.25) is 0 Å². The van der Waals surface area contributed by atoms with Gasteiger partial charge in [0.1, 0.15) is 5.75 Å². The SMILES string of the molecule is [C-]#[N+]CCS(=O)(=O)N1CCC(N)CC1. The average molecular weight is 217 g/mol. The van der Waals surface area contributed by atoms with Crippen LogP contribution in [0.1, 0.15) is 12.8 Å². The number of hydrogen-bond donors (Lipinski definition) is 1. The lowest BCUT2D eigenvalue weighted by atomic mass is 10.1. The van der Waals surface area contributed by atoms with Crippen LogP contribution in [0.3, 0.4) is 0 Å². The lowest BCUT2D eigenvalue weighted by molar-refractivity contribution is 0.320. The van der Waals surface area contributed by atoms with E-state index < -0.39 is 10.0 Å². The highest BCUT2D eigenvalue weighted by Crippen LogP contribution is 2.12. The standard InChI is InChI=1S/C8H15N3O2S/c1-10-4-7-14(12,13)11-5-2-8(9)3-6-11/h8H,2-7,9H2. The van der Waals surface area contributed by atoms with Crippen molar-refractivity contribution in [3.8, 4) is 0 Å². The van der Waals surface area contributed by atoms with Crippen molar-refractivity contribution in [1.29, 1.82) is 0 Å². The molecule has 0 aromatic heterocycles. The molecule has 0 unspecified atom stereocenters. The third kappa shape index (κ3) is 2.94. The highest BCUT2D eigenvalue weighted by molar-refractivity contribution is 7.89. The third-order valence-corrected chi connectivity index (χ3v) is 4.20. The summed E-state index contributed by atoms with van der Waals surface area (Å²) in [6.45, 7) is 7.60. The van der Waals surface area contributed by atoms with Crippen LogP contribution in [0, 0.1) is 6.57 Å². The minimum Gasteiger partial charge on any atom is -0.328 e. The minimum absolute atomic E-state index is 0.0465. The lowest BCUT2D eigenvalue weighted by Crippen LogP contribution is -2.43. The fourth-order valence-electron chi connectivity index (χ4n) is 1.44. The molecule has 1 fully saturated rings. The van der Waals surface area contributed by atoms with Gasteiger partial charge in [0.25, 0.3) is 0 Å². The van der Waals surface area contributed by atoms with Crippen LogP contribution < -0.4 is 5.73 Å². The first-order valence-corrected chi connectivity index (χ1v) is 6.24. The first-order valence-electron chi connectivity index (χ1n) is 4.63. The number of nitrogens with two attached hydrogens (primary N) is 1. The second kappa shape index (κ2) is 4.73. The van der Waals surface area contributed by atoms with E-state index >= 15 is 0 Å². The Morgan fingerprint density at radius 2 is 2.00 bits per heavy atom. The summed E-state index contributed by atoms with van der Waals surface area (Å²) in [5.74, 6) is -0.0638. The second-order valence-electron chi connectivity index (χ2n) is 3.43. The largest absolute Gasteiger partial charge is 0.328 e. The van der Waals surface area contributed by atoms with E-state index in [1.54, 1.807) is 0 Å². The van der Waals surface area contributed by atoms with Crippen LogP contribution in [0.25, 0.3) is 4.85 Å². The first kappa shape index (κ1) is 11.4. The van der Waals surface area contributed by atoms with Crippen LogP contribution in [0.2, 0.25) is 0 Å². The summed E-state index contributed by atoms with van der Waals surface area (Å²) in [7, 11) is -3.20. The molecule has 1 heterocycles. The number of nitrogens with zero attached hydrogens (tertiary/aromatic N) is 2. The maximum atomic E-state index is 11.6. The summed E-state index contributed by atoms with van der Waals surface area (Å²) < 4.78 is 24.6. The molecule has 0 amide bonds. The summed E-state index contributed by atoms with van der Waals surface area (Å²) >= 11 is 0. The van der Waals surface area contributed by atoms with Crippen molar-refractivity contribution in [3.05, 3.63) is 11.4 Å². The highest BCUT2D eigenvalue weighted by Gasteiger charge is 2.26. The second-order valence-corrected chi connectivity index (χ2v) is 5.52. The van der Waals surface area contributed by atoms with Gasteiger partial charge in [0.05, 0.1) is 0 Å². The van der Waals surface area contributed by atoms with E-state index in [0.29, 0.717) is 13.1 Å². The molecule has 5 nitrogen and oxygen atoms in total. The van der Waals surface area contributed by atoms with Gasteiger partial charge in [-0.2, -0.15) is 0 Å². The van der Waals surface area contributed by atoms with Gasteiger partial charge in [-0.25, -0.2) is 19.3 Å². The molecule has 1 rings (SSSR count). The predicted molar refractivity (Wildman–Crippen MR) is 54.0 cm³/mol. The van der Waals surface area contributed by atoms with Crippen molar-refractivity contribution in [3.63, 3.8) is 0 Å². The number of sulfonamides is 1. The van der Waals surface area contributed by atoms with Crippen LogP contribution in [-0.4, -0.2) is 44.2 Å². The minimum atomic E-state index is -3.20. The first-order chi connectivity index (χ1) is 6.56. The molecule has 0 spiro atoms. The van der Waals surface area contributed by atoms with Crippen molar-refractivity contribution < 1.29 is 8.42 Å². The quantitative estimate of drug-likeness (QED) is 0.657. The van der Waals surface area contributed by atoms with E-state index in [9.17, 15) is 8.42 Å². The smallest absolute Gasteiger partial charge is 0.229 e. The van der Waals surface area contributed by atoms with Gasteiger partial charge in [-0.1, -0.05) is 0 Å².